The molecule has 0 amide bonds. The van der Waals surface area contributed by atoms with E-state index >= 15 is 0 Å². The Labute approximate surface area is 117 Å². The van der Waals surface area contributed by atoms with Gasteiger partial charge in [-0.2, -0.15) is 5.10 Å². The van der Waals surface area contributed by atoms with Gasteiger partial charge in [-0.05, 0) is 13.8 Å². The SMILES string of the molecule is CC(C)N(CCO)Cc1nc(NN)c2cnn(C)c2n1. The number of nitrogens with zero attached hydrogens (tertiary/aromatic N) is 5. The van der Waals surface area contributed by atoms with Crippen LogP contribution in [0.15, 0.2) is 6.20 Å². The van der Waals surface area contributed by atoms with Crippen LogP contribution < -0.4 is 11.3 Å². The van der Waals surface area contributed by atoms with Crippen molar-refractivity contribution in [1.29, 1.82) is 0 Å². The average Bonchev–Trinajstić information content (AvgIpc) is 2.79. The van der Waals surface area contributed by atoms with E-state index in [9.17, 15) is 0 Å². The Morgan fingerprint density at radius 2 is 2.20 bits per heavy atom. The van der Waals surface area contributed by atoms with Crippen molar-refractivity contribution in [3.8, 4) is 0 Å². The summed E-state index contributed by atoms with van der Waals surface area (Å²) in [5.41, 5.74) is 3.32. The molecular formula is C12H21N7O. The van der Waals surface area contributed by atoms with Gasteiger partial charge in [0.1, 0.15) is 5.82 Å². The first kappa shape index (κ1) is 14.6. The average molecular weight is 279 g/mol. The Morgan fingerprint density at radius 1 is 1.45 bits per heavy atom. The van der Waals surface area contributed by atoms with Crippen LogP contribution in [0.25, 0.3) is 11.0 Å². The van der Waals surface area contributed by atoms with Crippen LogP contribution in [0.2, 0.25) is 0 Å². The highest BCUT2D eigenvalue weighted by Crippen LogP contribution is 2.19. The Morgan fingerprint density at radius 3 is 2.80 bits per heavy atom. The largest absolute Gasteiger partial charge is 0.395 e. The lowest BCUT2D eigenvalue weighted by molar-refractivity contribution is 0.156. The molecule has 2 aromatic heterocycles. The molecule has 0 fully saturated rings. The third kappa shape index (κ3) is 2.87. The molecule has 0 unspecified atom stereocenters. The van der Waals surface area contributed by atoms with E-state index in [0.29, 0.717) is 30.8 Å². The van der Waals surface area contributed by atoms with E-state index in [1.54, 1.807) is 10.9 Å². The van der Waals surface area contributed by atoms with Crippen LogP contribution >= 0.6 is 0 Å². The number of rotatable bonds is 6. The third-order valence-electron chi connectivity index (χ3n) is 3.24. The molecular weight excluding hydrogens is 258 g/mol. The standard InChI is InChI=1S/C12H21N7O/c1-8(2)19(4-5-20)7-10-15-11(17-13)9-6-14-18(3)12(9)16-10/h6,8,20H,4-5,7,13H2,1-3H3,(H,15,16,17). The minimum Gasteiger partial charge on any atom is -0.395 e. The molecule has 0 saturated carbocycles. The number of hydrogen-bond donors (Lipinski definition) is 3. The predicted octanol–water partition coefficient (Wildman–Crippen LogP) is -0.148. The number of nitrogens with one attached hydrogen (secondary N) is 1. The number of hydrogen-bond acceptors (Lipinski definition) is 7. The molecule has 0 aliphatic rings. The number of nitrogen functional groups attached to an aromatic ring is 1. The number of nitrogens with two attached hydrogens (primary N) is 1. The normalized spacial score (nSPS) is 11.8. The van der Waals surface area contributed by atoms with Gasteiger partial charge in [-0.1, -0.05) is 0 Å². The summed E-state index contributed by atoms with van der Waals surface area (Å²) in [5, 5.41) is 14.1. The first-order chi connectivity index (χ1) is 9.56. The molecule has 0 aliphatic heterocycles. The molecule has 2 aromatic rings. The molecule has 8 nitrogen and oxygen atoms in total. The number of aliphatic hydroxyl groups excluding tert-OH is 1. The lowest BCUT2D eigenvalue weighted by Gasteiger charge is -2.24. The van der Waals surface area contributed by atoms with Crippen molar-refractivity contribution in [2.45, 2.75) is 26.4 Å². The Balaban J connectivity index is 2.36. The van der Waals surface area contributed by atoms with E-state index in [1.165, 1.54) is 0 Å². The van der Waals surface area contributed by atoms with E-state index in [4.69, 9.17) is 10.9 Å². The molecule has 0 bridgehead atoms. The summed E-state index contributed by atoms with van der Waals surface area (Å²) in [4.78, 5) is 11.0. The van der Waals surface area contributed by atoms with E-state index in [1.807, 2.05) is 7.05 Å². The summed E-state index contributed by atoms with van der Waals surface area (Å²) < 4.78 is 1.69. The molecule has 20 heavy (non-hydrogen) atoms. The Kier molecular flexibility index (Phi) is 4.48. The molecule has 0 radical (unpaired) electrons. The number of aliphatic hydroxyl groups is 1. The minimum atomic E-state index is 0.105. The van der Waals surface area contributed by atoms with Crippen molar-refractivity contribution in [1.82, 2.24) is 24.6 Å². The van der Waals surface area contributed by atoms with Gasteiger partial charge in [-0.15, -0.1) is 0 Å². The van der Waals surface area contributed by atoms with E-state index in [2.05, 4.69) is 39.2 Å². The second-order valence-corrected chi connectivity index (χ2v) is 4.93. The van der Waals surface area contributed by atoms with Crippen molar-refractivity contribution < 1.29 is 5.11 Å². The van der Waals surface area contributed by atoms with Crippen molar-refractivity contribution in [3.05, 3.63) is 12.0 Å². The number of fused-ring (bicyclic) bond motifs is 1. The molecule has 4 N–H and O–H groups in total. The molecule has 0 atom stereocenters. The summed E-state index contributed by atoms with van der Waals surface area (Å²) in [7, 11) is 1.83. The van der Waals surface area contributed by atoms with Gasteiger partial charge in [0, 0.05) is 19.6 Å². The topological polar surface area (TPSA) is 105 Å². The van der Waals surface area contributed by atoms with Crippen LogP contribution in [0, 0.1) is 0 Å². The summed E-state index contributed by atoms with van der Waals surface area (Å²) >= 11 is 0. The quantitative estimate of drug-likeness (QED) is 0.499. The van der Waals surface area contributed by atoms with Crippen LogP contribution in [0.5, 0.6) is 0 Å². The molecule has 0 spiro atoms. The minimum absolute atomic E-state index is 0.105. The zero-order valence-corrected chi connectivity index (χ0v) is 12.0. The van der Waals surface area contributed by atoms with Crippen molar-refractivity contribution in [2.75, 3.05) is 18.6 Å². The highest BCUT2D eigenvalue weighted by molar-refractivity contribution is 5.86. The number of aromatic nitrogens is 4. The second kappa shape index (κ2) is 6.12. The van der Waals surface area contributed by atoms with Gasteiger partial charge < -0.3 is 10.5 Å². The van der Waals surface area contributed by atoms with Crippen LogP contribution in [-0.4, -0.2) is 48.9 Å². The predicted molar refractivity (Wildman–Crippen MR) is 76.7 cm³/mol. The molecule has 8 heteroatoms. The van der Waals surface area contributed by atoms with Gasteiger partial charge in [0.05, 0.1) is 24.7 Å². The monoisotopic (exact) mass is 279 g/mol. The van der Waals surface area contributed by atoms with E-state index in [-0.39, 0.29) is 6.61 Å². The first-order valence-electron chi connectivity index (χ1n) is 6.57. The van der Waals surface area contributed by atoms with Gasteiger partial charge in [-0.25, -0.2) is 15.8 Å². The summed E-state index contributed by atoms with van der Waals surface area (Å²) in [6, 6.07) is 0.294. The third-order valence-corrected chi connectivity index (χ3v) is 3.24. The zero-order chi connectivity index (χ0) is 14.7. The maximum absolute atomic E-state index is 9.12. The van der Waals surface area contributed by atoms with Crippen LogP contribution in [0.4, 0.5) is 5.82 Å². The zero-order valence-electron chi connectivity index (χ0n) is 12.0. The fourth-order valence-corrected chi connectivity index (χ4v) is 2.08. The van der Waals surface area contributed by atoms with Gasteiger partial charge in [0.25, 0.3) is 0 Å². The first-order valence-corrected chi connectivity index (χ1v) is 6.57. The number of hydrazine groups is 1. The van der Waals surface area contributed by atoms with E-state index < -0.39 is 0 Å². The van der Waals surface area contributed by atoms with Crippen molar-refractivity contribution in [3.63, 3.8) is 0 Å². The number of aryl methyl sites for hydroxylation is 1. The fraction of sp³-hybridized carbons (Fsp3) is 0.583. The number of anilines is 1. The molecule has 110 valence electrons. The smallest absolute Gasteiger partial charge is 0.163 e. The summed E-state index contributed by atoms with van der Waals surface area (Å²) in [6.45, 7) is 5.37. The van der Waals surface area contributed by atoms with Crippen molar-refractivity contribution in [2.24, 2.45) is 12.9 Å². The highest BCUT2D eigenvalue weighted by atomic mass is 16.3. The highest BCUT2D eigenvalue weighted by Gasteiger charge is 2.15. The lowest BCUT2D eigenvalue weighted by Crippen LogP contribution is -2.33. The van der Waals surface area contributed by atoms with Crippen LogP contribution in [0.1, 0.15) is 19.7 Å². The Hall–Kier alpha value is -1.77. The summed E-state index contributed by atoms with van der Waals surface area (Å²) in [6.07, 6.45) is 1.68. The van der Waals surface area contributed by atoms with Crippen LogP contribution in [-0.2, 0) is 13.6 Å². The molecule has 0 saturated heterocycles. The van der Waals surface area contributed by atoms with Crippen LogP contribution in [0.3, 0.4) is 0 Å². The molecule has 2 heterocycles. The fourth-order valence-electron chi connectivity index (χ4n) is 2.08. The van der Waals surface area contributed by atoms with Gasteiger partial charge in [0.15, 0.2) is 11.5 Å². The van der Waals surface area contributed by atoms with Gasteiger partial charge in [0.2, 0.25) is 0 Å². The maximum Gasteiger partial charge on any atom is 0.163 e. The van der Waals surface area contributed by atoms with E-state index in [0.717, 1.165) is 11.0 Å². The molecule has 0 aromatic carbocycles. The van der Waals surface area contributed by atoms with Gasteiger partial charge >= 0.3 is 0 Å². The maximum atomic E-state index is 9.12. The lowest BCUT2D eigenvalue weighted by atomic mass is 10.3. The Bertz CT molecular complexity index is 580. The second-order valence-electron chi connectivity index (χ2n) is 4.93. The van der Waals surface area contributed by atoms with Gasteiger partial charge in [-0.3, -0.25) is 9.58 Å². The van der Waals surface area contributed by atoms with Crippen molar-refractivity contribution >= 4 is 16.9 Å². The molecule has 0 aliphatic carbocycles. The molecule has 2 rings (SSSR count). The summed E-state index contributed by atoms with van der Waals surface area (Å²) in [5.74, 6) is 6.72.